The Morgan fingerprint density at radius 3 is 2.50 bits per heavy atom. The molecule has 0 spiro atoms. The zero-order chi connectivity index (χ0) is 14.4. The van der Waals surface area contributed by atoms with E-state index < -0.39 is 0 Å². The minimum absolute atomic E-state index is 0.429. The third-order valence-electron chi connectivity index (χ3n) is 5.07. The van der Waals surface area contributed by atoms with Gasteiger partial charge >= 0.3 is 0 Å². The highest BCUT2D eigenvalue weighted by atomic mass is 15.1. The molecule has 2 rings (SSSR count). The Bertz CT molecular complexity index is 408. The molecule has 0 heterocycles. The first kappa shape index (κ1) is 15.5. The number of hydrogen-bond donors (Lipinski definition) is 1. The fraction of sp³-hybridized carbons (Fsp3) is 0.667. The summed E-state index contributed by atoms with van der Waals surface area (Å²) in [7, 11) is 2.24. The molecule has 0 aromatic heterocycles. The maximum Gasteiger partial charge on any atom is 0.0233 e. The number of nitrogens with zero attached hydrogens (tertiary/aromatic N) is 1. The molecule has 0 unspecified atom stereocenters. The van der Waals surface area contributed by atoms with Gasteiger partial charge in [0.05, 0.1) is 0 Å². The topological polar surface area (TPSA) is 29.3 Å². The molecule has 1 aromatic rings. The monoisotopic (exact) mass is 274 g/mol. The molecule has 2 N–H and O–H groups in total. The van der Waals surface area contributed by atoms with Gasteiger partial charge < -0.3 is 10.6 Å². The van der Waals surface area contributed by atoms with E-state index in [9.17, 15) is 0 Å². The summed E-state index contributed by atoms with van der Waals surface area (Å²) in [5.41, 5.74) is 9.35. The van der Waals surface area contributed by atoms with Gasteiger partial charge in [-0.05, 0) is 62.9 Å². The summed E-state index contributed by atoms with van der Waals surface area (Å²) >= 11 is 0. The van der Waals surface area contributed by atoms with Crippen molar-refractivity contribution in [2.24, 2.45) is 11.1 Å². The fourth-order valence-electron chi connectivity index (χ4n) is 3.44. The van der Waals surface area contributed by atoms with Gasteiger partial charge in [-0.2, -0.15) is 0 Å². The summed E-state index contributed by atoms with van der Waals surface area (Å²) in [5, 5.41) is 0. The quantitative estimate of drug-likeness (QED) is 0.856. The van der Waals surface area contributed by atoms with E-state index in [4.69, 9.17) is 5.73 Å². The molecular formula is C18H30N2. The molecule has 0 radical (unpaired) electrons. The lowest BCUT2D eigenvalue weighted by atomic mass is 9.72. The lowest BCUT2D eigenvalue weighted by molar-refractivity contribution is 0.154. The van der Waals surface area contributed by atoms with Crippen molar-refractivity contribution in [2.45, 2.75) is 52.0 Å². The van der Waals surface area contributed by atoms with Crippen molar-refractivity contribution >= 4 is 0 Å². The van der Waals surface area contributed by atoms with E-state index in [1.807, 2.05) is 0 Å². The number of benzene rings is 1. The zero-order valence-corrected chi connectivity index (χ0v) is 13.2. The lowest BCUT2D eigenvalue weighted by Gasteiger charge is -2.37. The maximum absolute atomic E-state index is 6.08. The Kier molecular flexibility index (Phi) is 5.62. The predicted molar refractivity (Wildman–Crippen MR) is 86.7 cm³/mol. The van der Waals surface area contributed by atoms with Crippen LogP contribution in [-0.4, -0.2) is 25.0 Å². The predicted octanol–water partition coefficient (Wildman–Crippen LogP) is 3.73. The molecule has 1 fully saturated rings. The summed E-state index contributed by atoms with van der Waals surface area (Å²) < 4.78 is 0. The minimum atomic E-state index is 0.429. The van der Waals surface area contributed by atoms with E-state index >= 15 is 0 Å². The highest BCUT2D eigenvalue weighted by molar-refractivity contribution is 5.25. The Balaban J connectivity index is 1.85. The zero-order valence-electron chi connectivity index (χ0n) is 13.2. The van der Waals surface area contributed by atoms with Crippen LogP contribution in [0.4, 0.5) is 0 Å². The van der Waals surface area contributed by atoms with Gasteiger partial charge in [0, 0.05) is 6.54 Å². The Morgan fingerprint density at radius 2 is 1.85 bits per heavy atom. The highest BCUT2D eigenvalue weighted by Gasteiger charge is 2.30. The molecule has 1 saturated carbocycles. The van der Waals surface area contributed by atoms with Crippen LogP contribution in [0.2, 0.25) is 0 Å². The van der Waals surface area contributed by atoms with Gasteiger partial charge in [-0.3, -0.25) is 0 Å². The SMILES string of the molecule is Cc1ccccc1CN(C)CCC1(CN)CCCCC1. The van der Waals surface area contributed by atoms with Crippen LogP contribution in [0, 0.1) is 12.3 Å². The Hall–Kier alpha value is -0.860. The van der Waals surface area contributed by atoms with Gasteiger partial charge in [-0.1, -0.05) is 43.5 Å². The maximum atomic E-state index is 6.08. The first-order chi connectivity index (χ1) is 9.65. The largest absolute Gasteiger partial charge is 0.330 e. The van der Waals surface area contributed by atoms with Crippen molar-refractivity contribution in [1.29, 1.82) is 0 Å². The van der Waals surface area contributed by atoms with Crippen LogP contribution in [0.5, 0.6) is 0 Å². The van der Waals surface area contributed by atoms with E-state index in [2.05, 4.69) is 43.1 Å². The Morgan fingerprint density at radius 1 is 1.15 bits per heavy atom. The molecule has 0 amide bonds. The smallest absolute Gasteiger partial charge is 0.0233 e. The molecule has 1 aliphatic rings. The van der Waals surface area contributed by atoms with Crippen LogP contribution in [0.25, 0.3) is 0 Å². The minimum Gasteiger partial charge on any atom is -0.330 e. The molecule has 20 heavy (non-hydrogen) atoms. The van der Waals surface area contributed by atoms with Crippen molar-refractivity contribution in [3.63, 3.8) is 0 Å². The van der Waals surface area contributed by atoms with E-state index in [1.165, 1.54) is 49.7 Å². The van der Waals surface area contributed by atoms with E-state index in [1.54, 1.807) is 0 Å². The standard InChI is InChI=1S/C18H30N2/c1-16-8-4-5-9-17(16)14-20(2)13-12-18(15-19)10-6-3-7-11-18/h4-5,8-9H,3,6-7,10-15,19H2,1-2H3. The summed E-state index contributed by atoms with van der Waals surface area (Å²) in [6, 6.07) is 8.69. The Labute approximate surface area is 124 Å². The van der Waals surface area contributed by atoms with Crippen molar-refractivity contribution in [3.05, 3.63) is 35.4 Å². The molecule has 0 aliphatic heterocycles. The summed E-state index contributed by atoms with van der Waals surface area (Å²) in [6.45, 7) is 5.27. The second kappa shape index (κ2) is 7.24. The summed E-state index contributed by atoms with van der Waals surface area (Å²) in [4.78, 5) is 2.45. The average molecular weight is 274 g/mol. The van der Waals surface area contributed by atoms with Crippen molar-refractivity contribution in [3.8, 4) is 0 Å². The van der Waals surface area contributed by atoms with Gasteiger partial charge in [-0.25, -0.2) is 0 Å². The molecule has 1 aliphatic carbocycles. The summed E-state index contributed by atoms with van der Waals surface area (Å²) in [5.74, 6) is 0. The number of hydrogen-bond acceptors (Lipinski definition) is 2. The van der Waals surface area contributed by atoms with Crippen LogP contribution in [0.15, 0.2) is 24.3 Å². The van der Waals surface area contributed by atoms with Gasteiger partial charge in [-0.15, -0.1) is 0 Å². The molecule has 0 saturated heterocycles. The van der Waals surface area contributed by atoms with Crippen molar-refractivity contribution < 1.29 is 0 Å². The second-order valence-corrected chi connectivity index (χ2v) is 6.68. The fourth-order valence-corrected chi connectivity index (χ4v) is 3.44. The summed E-state index contributed by atoms with van der Waals surface area (Å²) in [6.07, 6.45) is 8.08. The molecule has 112 valence electrons. The van der Waals surface area contributed by atoms with Gasteiger partial charge in [0.2, 0.25) is 0 Å². The van der Waals surface area contributed by atoms with E-state index in [0.717, 1.165) is 19.6 Å². The molecular weight excluding hydrogens is 244 g/mol. The van der Waals surface area contributed by atoms with Crippen LogP contribution >= 0.6 is 0 Å². The van der Waals surface area contributed by atoms with Crippen LogP contribution < -0.4 is 5.73 Å². The third-order valence-corrected chi connectivity index (χ3v) is 5.07. The van der Waals surface area contributed by atoms with Gasteiger partial charge in [0.1, 0.15) is 0 Å². The number of nitrogens with two attached hydrogens (primary N) is 1. The first-order valence-electron chi connectivity index (χ1n) is 8.08. The number of aryl methyl sites for hydroxylation is 1. The van der Waals surface area contributed by atoms with E-state index in [0.29, 0.717) is 5.41 Å². The normalized spacial score (nSPS) is 18.4. The molecule has 0 atom stereocenters. The van der Waals surface area contributed by atoms with Gasteiger partial charge in [0.15, 0.2) is 0 Å². The molecule has 1 aromatic carbocycles. The van der Waals surface area contributed by atoms with Crippen LogP contribution in [0.3, 0.4) is 0 Å². The van der Waals surface area contributed by atoms with Crippen molar-refractivity contribution in [1.82, 2.24) is 4.90 Å². The van der Waals surface area contributed by atoms with Crippen LogP contribution in [-0.2, 0) is 6.54 Å². The lowest BCUT2D eigenvalue weighted by Crippen LogP contribution is -2.36. The second-order valence-electron chi connectivity index (χ2n) is 6.68. The molecule has 0 bridgehead atoms. The first-order valence-corrected chi connectivity index (χ1v) is 8.08. The molecule has 2 heteroatoms. The van der Waals surface area contributed by atoms with Crippen LogP contribution in [0.1, 0.15) is 49.7 Å². The van der Waals surface area contributed by atoms with E-state index in [-0.39, 0.29) is 0 Å². The number of rotatable bonds is 6. The van der Waals surface area contributed by atoms with Crippen molar-refractivity contribution in [2.75, 3.05) is 20.1 Å². The molecule has 2 nitrogen and oxygen atoms in total. The third kappa shape index (κ3) is 4.07. The average Bonchev–Trinajstić information content (AvgIpc) is 2.49. The van der Waals surface area contributed by atoms with Gasteiger partial charge in [0.25, 0.3) is 0 Å². The highest BCUT2D eigenvalue weighted by Crippen LogP contribution is 2.38.